The van der Waals surface area contributed by atoms with E-state index in [2.05, 4.69) is 42.4 Å². The first kappa shape index (κ1) is 10.2. The molecule has 15 heavy (non-hydrogen) atoms. The van der Waals surface area contributed by atoms with Crippen molar-refractivity contribution in [3.63, 3.8) is 0 Å². The fraction of sp³-hybridized carbons (Fsp3) is 0.462. The van der Waals surface area contributed by atoms with Crippen molar-refractivity contribution in [2.24, 2.45) is 4.99 Å². The topological polar surface area (TPSA) is 24.4 Å². The minimum Gasteiger partial charge on any atom is -0.344 e. The molecule has 1 aromatic rings. The third-order valence-electron chi connectivity index (χ3n) is 2.79. The molecule has 0 aromatic heterocycles. The third kappa shape index (κ3) is 2.58. The van der Waals surface area contributed by atoms with Crippen LogP contribution in [-0.2, 0) is 0 Å². The lowest BCUT2D eigenvalue weighted by molar-refractivity contribution is 0.737. The average Bonchev–Trinajstić information content (AvgIpc) is 2.24. The molecule has 0 saturated carbocycles. The number of anilines is 1. The van der Waals surface area contributed by atoms with Gasteiger partial charge in [0.05, 0.1) is 0 Å². The zero-order chi connectivity index (χ0) is 10.7. The van der Waals surface area contributed by atoms with E-state index >= 15 is 0 Å². The molecular weight excluding hydrogens is 184 g/mol. The van der Waals surface area contributed by atoms with Crippen LogP contribution in [0.3, 0.4) is 0 Å². The Labute approximate surface area is 91.4 Å². The van der Waals surface area contributed by atoms with Crippen LogP contribution in [0.4, 0.5) is 5.69 Å². The van der Waals surface area contributed by atoms with Crippen LogP contribution >= 0.6 is 0 Å². The minimum atomic E-state index is 0.979. The van der Waals surface area contributed by atoms with E-state index in [9.17, 15) is 0 Å². The lowest BCUT2D eigenvalue weighted by Crippen LogP contribution is -2.16. The van der Waals surface area contributed by atoms with Crippen LogP contribution in [0.15, 0.2) is 23.2 Å². The summed E-state index contributed by atoms with van der Waals surface area (Å²) in [5.74, 6) is 1.15. The normalized spacial score (nSPS) is 16.0. The molecule has 0 bridgehead atoms. The average molecular weight is 202 g/mol. The molecular formula is C13H18N2. The highest BCUT2D eigenvalue weighted by Crippen LogP contribution is 2.17. The van der Waals surface area contributed by atoms with Gasteiger partial charge in [0.25, 0.3) is 0 Å². The summed E-state index contributed by atoms with van der Waals surface area (Å²) >= 11 is 0. The Morgan fingerprint density at radius 2 is 2.07 bits per heavy atom. The van der Waals surface area contributed by atoms with E-state index in [0.29, 0.717) is 0 Å². The van der Waals surface area contributed by atoms with Gasteiger partial charge in [-0.2, -0.15) is 0 Å². The summed E-state index contributed by atoms with van der Waals surface area (Å²) in [6, 6.07) is 6.48. The summed E-state index contributed by atoms with van der Waals surface area (Å²) in [6.07, 6.45) is 3.59. The largest absolute Gasteiger partial charge is 0.344 e. The van der Waals surface area contributed by atoms with Crippen molar-refractivity contribution in [1.29, 1.82) is 0 Å². The Hall–Kier alpha value is -1.31. The first-order valence-corrected chi connectivity index (χ1v) is 5.63. The molecule has 1 aliphatic heterocycles. The molecule has 1 heterocycles. The lowest BCUT2D eigenvalue weighted by atomic mass is 10.1. The summed E-state index contributed by atoms with van der Waals surface area (Å²) < 4.78 is 0. The minimum absolute atomic E-state index is 0.979. The Morgan fingerprint density at radius 3 is 2.73 bits per heavy atom. The van der Waals surface area contributed by atoms with Crippen molar-refractivity contribution in [1.82, 2.24) is 0 Å². The number of benzene rings is 1. The van der Waals surface area contributed by atoms with Gasteiger partial charge in [0.2, 0.25) is 0 Å². The predicted molar refractivity (Wildman–Crippen MR) is 65.7 cm³/mol. The molecule has 0 aliphatic carbocycles. The summed E-state index contributed by atoms with van der Waals surface area (Å²) in [4.78, 5) is 4.49. The van der Waals surface area contributed by atoms with E-state index in [0.717, 1.165) is 18.8 Å². The number of hydrogen-bond donors (Lipinski definition) is 1. The standard InChI is InChI=1S/C13H18N2/c1-10-6-7-12(11(2)9-10)15-13-5-3-4-8-14-13/h6-7,9H,3-5,8H2,1-2H3,(H,14,15). The van der Waals surface area contributed by atoms with Crippen LogP contribution in [-0.4, -0.2) is 12.4 Å². The Bertz CT molecular complexity index is 380. The van der Waals surface area contributed by atoms with Crippen LogP contribution < -0.4 is 5.32 Å². The fourth-order valence-corrected chi connectivity index (χ4v) is 1.91. The number of hydrogen-bond acceptors (Lipinski definition) is 2. The second-order valence-electron chi connectivity index (χ2n) is 4.23. The maximum atomic E-state index is 4.49. The van der Waals surface area contributed by atoms with Gasteiger partial charge in [-0.05, 0) is 38.3 Å². The maximum absolute atomic E-state index is 4.49. The molecule has 2 rings (SSSR count). The third-order valence-corrected chi connectivity index (χ3v) is 2.79. The molecule has 2 heteroatoms. The number of amidine groups is 1. The summed E-state index contributed by atoms with van der Waals surface area (Å²) in [5, 5.41) is 3.43. The van der Waals surface area contributed by atoms with Gasteiger partial charge < -0.3 is 5.32 Å². The van der Waals surface area contributed by atoms with Crippen molar-refractivity contribution >= 4 is 11.5 Å². The summed E-state index contributed by atoms with van der Waals surface area (Å²) in [6.45, 7) is 5.24. The lowest BCUT2D eigenvalue weighted by Gasteiger charge is -2.15. The first-order valence-electron chi connectivity index (χ1n) is 5.63. The van der Waals surface area contributed by atoms with Crippen LogP contribution in [0.25, 0.3) is 0 Å². The fourth-order valence-electron chi connectivity index (χ4n) is 1.91. The van der Waals surface area contributed by atoms with Crippen molar-refractivity contribution in [3.8, 4) is 0 Å². The summed E-state index contributed by atoms with van der Waals surface area (Å²) in [7, 11) is 0. The SMILES string of the molecule is Cc1ccc(NC2=NCCCC2)c(C)c1. The van der Waals surface area contributed by atoms with E-state index < -0.39 is 0 Å². The van der Waals surface area contributed by atoms with Crippen LogP contribution in [0, 0.1) is 13.8 Å². The van der Waals surface area contributed by atoms with E-state index in [1.54, 1.807) is 0 Å². The Kier molecular flexibility index (Phi) is 3.05. The van der Waals surface area contributed by atoms with Crippen LogP contribution in [0.1, 0.15) is 30.4 Å². The van der Waals surface area contributed by atoms with Crippen LogP contribution in [0.5, 0.6) is 0 Å². The van der Waals surface area contributed by atoms with Gasteiger partial charge in [-0.15, -0.1) is 0 Å². The predicted octanol–water partition coefficient (Wildman–Crippen LogP) is 3.30. The number of nitrogens with zero attached hydrogens (tertiary/aromatic N) is 1. The number of rotatable bonds is 1. The molecule has 80 valence electrons. The number of aryl methyl sites for hydroxylation is 2. The van der Waals surface area contributed by atoms with Crippen molar-refractivity contribution < 1.29 is 0 Å². The first-order chi connectivity index (χ1) is 7.25. The molecule has 1 aliphatic rings. The van der Waals surface area contributed by atoms with Gasteiger partial charge in [0, 0.05) is 18.7 Å². The van der Waals surface area contributed by atoms with E-state index in [-0.39, 0.29) is 0 Å². The van der Waals surface area contributed by atoms with Gasteiger partial charge >= 0.3 is 0 Å². The number of nitrogens with one attached hydrogen (secondary N) is 1. The highest BCUT2D eigenvalue weighted by atomic mass is 15.0. The Morgan fingerprint density at radius 1 is 1.20 bits per heavy atom. The second-order valence-corrected chi connectivity index (χ2v) is 4.23. The monoisotopic (exact) mass is 202 g/mol. The molecule has 0 radical (unpaired) electrons. The van der Waals surface area contributed by atoms with E-state index in [1.165, 1.54) is 29.7 Å². The Balaban J connectivity index is 2.13. The van der Waals surface area contributed by atoms with Crippen molar-refractivity contribution in [2.45, 2.75) is 33.1 Å². The smallest absolute Gasteiger partial charge is 0.101 e. The quantitative estimate of drug-likeness (QED) is 0.742. The number of aliphatic imine (C=N–C) groups is 1. The van der Waals surface area contributed by atoms with E-state index in [4.69, 9.17) is 0 Å². The van der Waals surface area contributed by atoms with Gasteiger partial charge in [0.15, 0.2) is 0 Å². The maximum Gasteiger partial charge on any atom is 0.101 e. The van der Waals surface area contributed by atoms with Crippen LogP contribution in [0.2, 0.25) is 0 Å². The van der Waals surface area contributed by atoms with Gasteiger partial charge in [-0.25, -0.2) is 0 Å². The zero-order valence-electron chi connectivity index (χ0n) is 9.51. The van der Waals surface area contributed by atoms with Crippen molar-refractivity contribution in [2.75, 3.05) is 11.9 Å². The van der Waals surface area contributed by atoms with Crippen molar-refractivity contribution in [3.05, 3.63) is 29.3 Å². The molecule has 0 amide bonds. The molecule has 0 atom stereocenters. The van der Waals surface area contributed by atoms with Gasteiger partial charge in [-0.1, -0.05) is 17.7 Å². The summed E-state index contributed by atoms with van der Waals surface area (Å²) in [5.41, 5.74) is 3.80. The molecule has 0 fully saturated rings. The zero-order valence-corrected chi connectivity index (χ0v) is 9.51. The molecule has 2 nitrogen and oxygen atoms in total. The second kappa shape index (κ2) is 4.47. The van der Waals surface area contributed by atoms with Gasteiger partial charge in [0.1, 0.15) is 5.84 Å². The molecule has 1 aromatic carbocycles. The molecule has 0 unspecified atom stereocenters. The molecule has 1 N–H and O–H groups in total. The van der Waals surface area contributed by atoms with E-state index in [1.807, 2.05) is 0 Å². The highest BCUT2D eigenvalue weighted by Gasteiger charge is 2.06. The molecule has 0 saturated heterocycles. The highest BCUT2D eigenvalue weighted by molar-refractivity contribution is 5.96. The molecule has 0 spiro atoms. The van der Waals surface area contributed by atoms with Gasteiger partial charge in [-0.3, -0.25) is 4.99 Å².